The van der Waals surface area contributed by atoms with E-state index < -0.39 is 0 Å². The van der Waals surface area contributed by atoms with E-state index in [-0.39, 0.29) is 0 Å². The molecule has 0 saturated heterocycles. The van der Waals surface area contributed by atoms with Gasteiger partial charge in [0.2, 0.25) is 0 Å². The number of rotatable bonds is 2. The van der Waals surface area contributed by atoms with E-state index in [0.717, 1.165) is 16.8 Å². The second-order valence-electron chi connectivity index (χ2n) is 9.30. The van der Waals surface area contributed by atoms with E-state index in [0.29, 0.717) is 11.4 Å². The molecule has 0 radical (unpaired) electrons. The largest absolute Gasteiger partial charge is 0.399 e. The van der Waals surface area contributed by atoms with Gasteiger partial charge >= 0.3 is 0 Å². The third-order valence-electron chi connectivity index (χ3n) is 6.91. The number of anilines is 4. The molecule has 5 N–H and O–H groups in total. The molecule has 0 aromatic heterocycles. The van der Waals surface area contributed by atoms with Gasteiger partial charge in [0.05, 0.1) is 0 Å². The molecular formula is C32H23N3. The van der Waals surface area contributed by atoms with Gasteiger partial charge < -0.3 is 16.8 Å². The van der Waals surface area contributed by atoms with Crippen molar-refractivity contribution in [1.29, 1.82) is 0 Å². The Bertz CT molecular complexity index is 1930. The van der Waals surface area contributed by atoms with E-state index in [1.165, 1.54) is 48.5 Å². The minimum absolute atomic E-state index is 0.642. The fourth-order valence-corrected chi connectivity index (χ4v) is 5.29. The third kappa shape index (κ3) is 3.29. The molecule has 0 bridgehead atoms. The van der Waals surface area contributed by atoms with Crippen LogP contribution in [0, 0.1) is 0 Å². The number of hydrogen-bond donors (Lipinski definition) is 3. The molecule has 0 fully saturated rings. The monoisotopic (exact) mass is 449 g/mol. The Morgan fingerprint density at radius 3 is 1.66 bits per heavy atom. The summed E-state index contributed by atoms with van der Waals surface area (Å²) in [5, 5.41) is 15.9. The number of nitrogens with one attached hydrogen (secondary N) is 1. The predicted molar refractivity (Wildman–Crippen MR) is 153 cm³/mol. The van der Waals surface area contributed by atoms with Gasteiger partial charge in [-0.15, -0.1) is 0 Å². The van der Waals surface area contributed by atoms with Crippen LogP contribution in [-0.4, -0.2) is 0 Å². The summed E-state index contributed by atoms with van der Waals surface area (Å²) in [4.78, 5) is 0. The number of nitrogen functional groups attached to an aromatic ring is 2. The highest BCUT2D eigenvalue weighted by Crippen LogP contribution is 2.36. The minimum atomic E-state index is 0.642. The lowest BCUT2D eigenvalue weighted by molar-refractivity contribution is 1.57. The molecule has 0 unspecified atom stereocenters. The second-order valence-corrected chi connectivity index (χ2v) is 9.30. The first kappa shape index (κ1) is 19.7. The van der Waals surface area contributed by atoms with Crippen LogP contribution in [0.3, 0.4) is 0 Å². The summed E-state index contributed by atoms with van der Waals surface area (Å²) < 4.78 is 0. The van der Waals surface area contributed by atoms with Crippen molar-refractivity contribution < 1.29 is 0 Å². The summed E-state index contributed by atoms with van der Waals surface area (Å²) in [6.45, 7) is 0. The van der Waals surface area contributed by atoms with E-state index in [1.54, 1.807) is 6.07 Å². The van der Waals surface area contributed by atoms with E-state index >= 15 is 0 Å². The summed E-state index contributed by atoms with van der Waals surface area (Å²) >= 11 is 0. The molecule has 7 rings (SSSR count). The lowest BCUT2D eigenvalue weighted by Crippen LogP contribution is -1.96. The van der Waals surface area contributed by atoms with Crippen LogP contribution < -0.4 is 16.8 Å². The van der Waals surface area contributed by atoms with Crippen LogP contribution >= 0.6 is 0 Å². The second kappa shape index (κ2) is 7.37. The molecule has 0 spiro atoms. The molecule has 0 saturated carbocycles. The Labute approximate surface area is 202 Å². The van der Waals surface area contributed by atoms with Gasteiger partial charge in [0.15, 0.2) is 0 Å². The van der Waals surface area contributed by atoms with Crippen LogP contribution in [0.4, 0.5) is 22.7 Å². The first-order valence-electron chi connectivity index (χ1n) is 11.8. The molecule has 0 heterocycles. The van der Waals surface area contributed by atoms with Gasteiger partial charge in [-0.3, -0.25) is 0 Å². The van der Waals surface area contributed by atoms with Crippen molar-refractivity contribution in [2.75, 3.05) is 16.8 Å². The Kier molecular flexibility index (Phi) is 4.15. The SMILES string of the molecule is Nc1cc(N)cc(Nc2cccc3cc4ccc5cc6cc7ccccc7cc6cc5c4cc23)c1. The summed E-state index contributed by atoms with van der Waals surface area (Å²) in [7, 11) is 0. The summed E-state index contributed by atoms with van der Waals surface area (Å²) in [6.07, 6.45) is 0. The molecule has 7 aromatic rings. The van der Waals surface area contributed by atoms with Crippen molar-refractivity contribution in [1.82, 2.24) is 0 Å². The Morgan fingerprint density at radius 1 is 0.400 bits per heavy atom. The summed E-state index contributed by atoms with van der Waals surface area (Å²) in [5.41, 5.74) is 15.2. The lowest BCUT2D eigenvalue weighted by Gasteiger charge is -2.13. The smallest absolute Gasteiger partial charge is 0.0464 e. The zero-order valence-electron chi connectivity index (χ0n) is 19.0. The molecule has 0 atom stereocenters. The van der Waals surface area contributed by atoms with Crippen LogP contribution in [0.25, 0.3) is 53.9 Å². The van der Waals surface area contributed by atoms with Gasteiger partial charge in [0.25, 0.3) is 0 Å². The van der Waals surface area contributed by atoms with Crippen molar-refractivity contribution in [2.45, 2.75) is 0 Å². The van der Waals surface area contributed by atoms with Crippen molar-refractivity contribution >= 4 is 76.6 Å². The maximum Gasteiger partial charge on any atom is 0.0464 e. The number of hydrogen-bond acceptors (Lipinski definition) is 3. The van der Waals surface area contributed by atoms with Gasteiger partial charge in [0.1, 0.15) is 0 Å². The standard InChI is InChI=1S/C32H23N3/c33-26-15-27(34)17-28(16-26)35-32-7-3-6-21-12-22-8-9-23-13-24-10-19-4-1-2-5-20(19)11-25(24)14-29(23)30(22)18-31(21)32/h1-18,35H,33-34H2. The normalized spacial score (nSPS) is 11.7. The minimum Gasteiger partial charge on any atom is -0.399 e. The van der Waals surface area contributed by atoms with Crippen molar-refractivity contribution in [3.63, 3.8) is 0 Å². The molecule has 0 amide bonds. The highest BCUT2D eigenvalue weighted by Gasteiger charge is 2.09. The van der Waals surface area contributed by atoms with Crippen LogP contribution in [-0.2, 0) is 0 Å². The molecule has 166 valence electrons. The zero-order valence-corrected chi connectivity index (χ0v) is 19.0. The Balaban J connectivity index is 1.47. The fraction of sp³-hybridized carbons (Fsp3) is 0. The zero-order chi connectivity index (χ0) is 23.5. The topological polar surface area (TPSA) is 64.1 Å². The van der Waals surface area contributed by atoms with E-state index in [9.17, 15) is 0 Å². The summed E-state index contributed by atoms with van der Waals surface area (Å²) in [5.74, 6) is 0. The molecular weight excluding hydrogens is 426 g/mol. The van der Waals surface area contributed by atoms with Gasteiger partial charge in [-0.1, -0.05) is 48.5 Å². The van der Waals surface area contributed by atoms with Crippen molar-refractivity contribution in [3.05, 3.63) is 109 Å². The number of nitrogens with two attached hydrogens (primary N) is 2. The maximum atomic E-state index is 6.02. The van der Waals surface area contributed by atoms with Crippen molar-refractivity contribution in [3.8, 4) is 0 Å². The van der Waals surface area contributed by atoms with E-state index in [1.807, 2.05) is 12.1 Å². The molecule has 0 aliphatic rings. The van der Waals surface area contributed by atoms with Gasteiger partial charge in [-0.2, -0.15) is 0 Å². The number of fused-ring (bicyclic) bond motifs is 6. The van der Waals surface area contributed by atoms with Gasteiger partial charge in [-0.25, -0.2) is 0 Å². The first-order chi connectivity index (χ1) is 17.1. The predicted octanol–water partition coefficient (Wildman–Crippen LogP) is 8.36. The summed E-state index contributed by atoms with van der Waals surface area (Å²) in [6, 6.07) is 38.7. The Morgan fingerprint density at radius 2 is 0.943 bits per heavy atom. The highest BCUT2D eigenvalue weighted by atomic mass is 14.9. The number of benzene rings is 7. The van der Waals surface area contributed by atoms with Gasteiger partial charge in [0, 0.05) is 28.1 Å². The Hall–Kier alpha value is -4.76. The van der Waals surface area contributed by atoms with Crippen molar-refractivity contribution in [2.24, 2.45) is 0 Å². The van der Waals surface area contributed by atoms with Crippen LogP contribution in [0.5, 0.6) is 0 Å². The average Bonchev–Trinajstić information content (AvgIpc) is 2.85. The van der Waals surface area contributed by atoms with Crippen LogP contribution in [0.1, 0.15) is 0 Å². The molecule has 35 heavy (non-hydrogen) atoms. The molecule has 0 aliphatic heterocycles. The first-order valence-corrected chi connectivity index (χ1v) is 11.8. The van der Waals surface area contributed by atoms with E-state index in [2.05, 4.69) is 96.3 Å². The maximum absolute atomic E-state index is 6.02. The lowest BCUT2D eigenvalue weighted by atomic mass is 9.94. The average molecular weight is 450 g/mol. The highest BCUT2D eigenvalue weighted by molar-refractivity contribution is 6.17. The van der Waals surface area contributed by atoms with Crippen LogP contribution in [0.2, 0.25) is 0 Å². The third-order valence-corrected chi connectivity index (χ3v) is 6.91. The molecule has 7 aromatic carbocycles. The van der Waals surface area contributed by atoms with E-state index in [4.69, 9.17) is 11.5 Å². The van der Waals surface area contributed by atoms with Crippen LogP contribution in [0.15, 0.2) is 109 Å². The van der Waals surface area contributed by atoms with Gasteiger partial charge in [-0.05, 0) is 109 Å². The molecule has 3 heteroatoms. The molecule has 0 aliphatic carbocycles. The quantitative estimate of drug-likeness (QED) is 0.141. The fourth-order valence-electron chi connectivity index (χ4n) is 5.29. The molecule has 3 nitrogen and oxygen atoms in total.